The second-order valence-corrected chi connectivity index (χ2v) is 6.52. The van der Waals surface area contributed by atoms with Gasteiger partial charge >= 0.3 is 0 Å². The van der Waals surface area contributed by atoms with Gasteiger partial charge in [0.2, 0.25) is 0 Å². The first-order chi connectivity index (χ1) is 11.8. The molecule has 7 nitrogen and oxygen atoms in total. The van der Waals surface area contributed by atoms with E-state index in [1.54, 1.807) is 5.51 Å². The molecule has 3 rings (SSSR count). The molecule has 1 aliphatic rings. The van der Waals surface area contributed by atoms with Gasteiger partial charge in [-0.15, -0.1) is 11.3 Å². The predicted octanol–water partition coefficient (Wildman–Crippen LogP) is 1.92. The van der Waals surface area contributed by atoms with Crippen molar-refractivity contribution in [2.24, 2.45) is 0 Å². The van der Waals surface area contributed by atoms with E-state index in [9.17, 15) is 4.79 Å². The minimum absolute atomic E-state index is 0.0868. The third kappa shape index (κ3) is 4.40. The molecule has 2 atom stereocenters. The van der Waals surface area contributed by atoms with Gasteiger partial charge in [0.1, 0.15) is 11.8 Å². The van der Waals surface area contributed by atoms with Gasteiger partial charge in [-0.25, -0.2) is 4.98 Å². The molecule has 2 unspecified atom stereocenters. The van der Waals surface area contributed by atoms with Gasteiger partial charge in [0.25, 0.3) is 5.91 Å². The van der Waals surface area contributed by atoms with Crippen LogP contribution in [0.1, 0.15) is 41.6 Å². The lowest BCUT2D eigenvalue weighted by Crippen LogP contribution is -2.50. The van der Waals surface area contributed by atoms with Crippen LogP contribution in [0.15, 0.2) is 17.0 Å². The fourth-order valence-corrected chi connectivity index (χ4v) is 3.20. The first kappa shape index (κ1) is 17.1. The summed E-state index contributed by atoms with van der Waals surface area (Å²) in [6, 6.07) is 1.72. The Hall–Kier alpha value is -1.77. The summed E-state index contributed by atoms with van der Waals surface area (Å²) in [5.41, 5.74) is 4.07. The number of amides is 1. The van der Waals surface area contributed by atoms with Gasteiger partial charge in [-0.1, -0.05) is 13.3 Å². The Balaban J connectivity index is 1.56. The molecule has 0 radical (unpaired) electrons. The fourth-order valence-electron chi connectivity index (χ4n) is 2.66. The van der Waals surface area contributed by atoms with Crippen molar-refractivity contribution in [3.8, 4) is 0 Å². The SMILES string of the molecule is CCCc1cc(C(=O)NC2CCOCC2OCc2cscn2)n[nH]1. The number of aromatic nitrogens is 3. The Morgan fingerprint density at radius 1 is 1.58 bits per heavy atom. The topological polar surface area (TPSA) is 89.1 Å². The molecule has 3 heterocycles. The number of H-pyrrole nitrogens is 1. The van der Waals surface area contributed by atoms with Crippen molar-refractivity contribution >= 4 is 17.2 Å². The molecular weight excluding hydrogens is 328 g/mol. The van der Waals surface area contributed by atoms with Crippen LogP contribution >= 0.6 is 11.3 Å². The number of rotatable bonds is 7. The number of hydrogen-bond donors (Lipinski definition) is 2. The zero-order valence-corrected chi connectivity index (χ0v) is 14.5. The number of hydrogen-bond acceptors (Lipinski definition) is 6. The molecule has 1 saturated heterocycles. The Bertz CT molecular complexity index is 644. The van der Waals surface area contributed by atoms with Crippen LogP contribution in [0.25, 0.3) is 0 Å². The van der Waals surface area contributed by atoms with E-state index in [4.69, 9.17) is 9.47 Å². The highest BCUT2D eigenvalue weighted by atomic mass is 32.1. The summed E-state index contributed by atoms with van der Waals surface area (Å²) in [7, 11) is 0. The summed E-state index contributed by atoms with van der Waals surface area (Å²) in [4.78, 5) is 16.6. The Labute approximate surface area is 144 Å². The van der Waals surface area contributed by atoms with Crippen LogP contribution in [0.2, 0.25) is 0 Å². The van der Waals surface area contributed by atoms with Crippen LogP contribution < -0.4 is 5.32 Å². The molecular formula is C16H22N4O3S. The number of nitrogens with zero attached hydrogens (tertiary/aromatic N) is 2. The second kappa shape index (κ2) is 8.36. The van der Waals surface area contributed by atoms with Crippen molar-refractivity contribution in [1.82, 2.24) is 20.5 Å². The molecule has 0 bridgehead atoms. The summed E-state index contributed by atoms with van der Waals surface area (Å²) in [5, 5.41) is 12.0. The van der Waals surface area contributed by atoms with Crippen molar-refractivity contribution in [1.29, 1.82) is 0 Å². The normalized spacial score (nSPS) is 20.9. The third-order valence-electron chi connectivity index (χ3n) is 3.93. The van der Waals surface area contributed by atoms with Gasteiger partial charge in [0.05, 0.1) is 30.5 Å². The van der Waals surface area contributed by atoms with E-state index < -0.39 is 0 Å². The highest BCUT2D eigenvalue weighted by Crippen LogP contribution is 2.15. The second-order valence-electron chi connectivity index (χ2n) is 5.80. The zero-order chi connectivity index (χ0) is 16.8. The highest BCUT2D eigenvalue weighted by Gasteiger charge is 2.29. The van der Waals surface area contributed by atoms with E-state index >= 15 is 0 Å². The standard InChI is InChI=1S/C16H22N4O3S/c1-2-3-11-6-14(20-19-11)16(21)18-13-4-5-22-8-15(13)23-7-12-9-24-10-17-12/h6,9-10,13,15H,2-5,7-8H2,1H3,(H,18,21)(H,19,20). The third-order valence-corrected chi connectivity index (χ3v) is 4.57. The van der Waals surface area contributed by atoms with Crippen molar-refractivity contribution in [3.63, 3.8) is 0 Å². The molecule has 1 fully saturated rings. The smallest absolute Gasteiger partial charge is 0.272 e. The van der Waals surface area contributed by atoms with Crippen LogP contribution in [0.5, 0.6) is 0 Å². The molecule has 1 amide bonds. The van der Waals surface area contributed by atoms with E-state index in [0.717, 1.165) is 30.7 Å². The Kier molecular flexibility index (Phi) is 5.95. The number of carbonyl (C=O) groups is 1. The van der Waals surface area contributed by atoms with E-state index in [1.165, 1.54) is 11.3 Å². The maximum absolute atomic E-state index is 12.4. The maximum atomic E-state index is 12.4. The molecule has 130 valence electrons. The monoisotopic (exact) mass is 350 g/mol. The summed E-state index contributed by atoms with van der Waals surface area (Å²) in [5.74, 6) is -0.178. The summed E-state index contributed by atoms with van der Waals surface area (Å²) < 4.78 is 11.4. The van der Waals surface area contributed by atoms with Gasteiger partial charge in [0.15, 0.2) is 0 Å². The lowest BCUT2D eigenvalue weighted by molar-refractivity contribution is -0.0742. The van der Waals surface area contributed by atoms with E-state index in [-0.39, 0.29) is 18.1 Å². The molecule has 0 aromatic carbocycles. The molecule has 24 heavy (non-hydrogen) atoms. The van der Waals surface area contributed by atoms with Crippen molar-refractivity contribution in [3.05, 3.63) is 34.0 Å². The number of carbonyl (C=O) groups excluding carboxylic acids is 1. The van der Waals surface area contributed by atoms with Gasteiger partial charge < -0.3 is 14.8 Å². The Morgan fingerprint density at radius 2 is 2.50 bits per heavy atom. The van der Waals surface area contributed by atoms with Crippen LogP contribution in [0.3, 0.4) is 0 Å². The molecule has 2 aromatic heterocycles. The number of thiazole rings is 1. The molecule has 0 spiro atoms. The van der Waals surface area contributed by atoms with Gasteiger partial charge in [-0.2, -0.15) is 5.10 Å². The average molecular weight is 350 g/mol. The van der Waals surface area contributed by atoms with Crippen LogP contribution in [0.4, 0.5) is 0 Å². The molecule has 2 N–H and O–H groups in total. The average Bonchev–Trinajstić information content (AvgIpc) is 3.26. The van der Waals surface area contributed by atoms with Crippen LogP contribution in [-0.4, -0.2) is 46.4 Å². The summed E-state index contributed by atoms with van der Waals surface area (Å²) in [6.07, 6.45) is 2.44. The largest absolute Gasteiger partial charge is 0.379 e. The number of aryl methyl sites for hydroxylation is 1. The lowest BCUT2D eigenvalue weighted by atomic mass is 10.1. The first-order valence-electron chi connectivity index (χ1n) is 8.18. The molecule has 2 aromatic rings. The Morgan fingerprint density at radius 3 is 3.29 bits per heavy atom. The number of nitrogens with one attached hydrogen (secondary N) is 2. The molecule has 0 saturated carbocycles. The van der Waals surface area contributed by atoms with Crippen molar-refractivity contribution in [2.45, 2.75) is 44.9 Å². The van der Waals surface area contributed by atoms with Gasteiger partial charge in [-0.3, -0.25) is 9.89 Å². The van der Waals surface area contributed by atoms with Gasteiger partial charge in [-0.05, 0) is 18.9 Å². The molecule has 8 heteroatoms. The molecule has 1 aliphatic heterocycles. The minimum Gasteiger partial charge on any atom is -0.379 e. The van der Waals surface area contributed by atoms with E-state index in [0.29, 0.717) is 25.5 Å². The van der Waals surface area contributed by atoms with Crippen LogP contribution in [0, 0.1) is 0 Å². The first-order valence-corrected chi connectivity index (χ1v) is 9.12. The number of ether oxygens (including phenoxy) is 2. The van der Waals surface area contributed by atoms with E-state index in [1.807, 2.05) is 11.4 Å². The fraction of sp³-hybridized carbons (Fsp3) is 0.562. The van der Waals surface area contributed by atoms with Gasteiger partial charge in [0, 0.05) is 17.7 Å². The quantitative estimate of drug-likeness (QED) is 0.796. The summed E-state index contributed by atoms with van der Waals surface area (Å²) >= 11 is 1.54. The number of aromatic amines is 1. The van der Waals surface area contributed by atoms with E-state index in [2.05, 4.69) is 27.4 Å². The van der Waals surface area contributed by atoms with Crippen LogP contribution in [-0.2, 0) is 22.5 Å². The minimum atomic E-state index is -0.182. The molecule has 0 aliphatic carbocycles. The van der Waals surface area contributed by atoms with Crippen molar-refractivity contribution in [2.75, 3.05) is 13.2 Å². The lowest BCUT2D eigenvalue weighted by Gasteiger charge is -2.31. The van der Waals surface area contributed by atoms with Crippen molar-refractivity contribution < 1.29 is 14.3 Å². The predicted molar refractivity (Wildman–Crippen MR) is 90.0 cm³/mol. The highest BCUT2D eigenvalue weighted by molar-refractivity contribution is 7.07. The summed E-state index contributed by atoms with van der Waals surface area (Å²) in [6.45, 7) is 3.60. The zero-order valence-electron chi connectivity index (χ0n) is 13.7. The maximum Gasteiger partial charge on any atom is 0.272 e.